The van der Waals surface area contributed by atoms with Gasteiger partial charge in [0.25, 0.3) is 17.7 Å². The lowest BCUT2D eigenvalue weighted by Crippen LogP contribution is -2.45. The van der Waals surface area contributed by atoms with Crippen molar-refractivity contribution in [3.8, 4) is 0 Å². The highest BCUT2D eigenvalue weighted by atomic mass is 35.5. The number of hydrogen-bond donors (Lipinski definition) is 1. The first-order chi connectivity index (χ1) is 16.5. The van der Waals surface area contributed by atoms with Gasteiger partial charge in [0.05, 0.1) is 22.7 Å². The molecule has 34 heavy (non-hydrogen) atoms. The number of amides is 3. The summed E-state index contributed by atoms with van der Waals surface area (Å²) in [7, 11) is 0. The first-order valence-electron chi connectivity index (χ1n) is 10.1. The molecule has 0 radical (unpaired) electrons. The maximum Gasteiger partial charge on any atom is 0.286 e. The van der Waals surface area contributed by atoms with Crippen molar-refractivity contribution >= 4 is 68.9 Å². The number of carbonyl (C=O) groups excluding carboxylic acids is 3. The molecule has 1 fully saturated rings. The molecule has 1 saturated heterocycles. The zero-order chi connectivity index (χ0) is 23.8. The van der Waals surface area contributed by atoms with Gasteiger partial charge in [-0.25, -0.2) is 0 Å². The Labute approximate surface area is 209 Å². The molecule has 3 amide bonds. The van der Waals surface area contributed by atoms with Crippen molar-refractivity contribution in [1.29, 1.82) is 0 Å². The monoisotopic (exact) mass is 506 g/mol. The van der Waals surface area contributed by atoms with E-state index in [1.54, 1.807) is 23.1 Å². The van der Waals surface area contributed by atoms with Gasteiger partial charge in [0.1, 0.15) is 0 Å². The van der Waals surface area contributed by atoms with E-state index in [2.05, 4.69) is 10.4 Å². The van der Waals surface area contributed by atoms with Crippen LogP contribution in [0.15, 0.2) is 78.0 Å². The number of anilines is 1. The second kappa shape index (κ2) is 9.02. The van der Waals surface area contributed by atoms with Gasteiger partial charge in [0.2, 0.25) is 0 Å². The molecule has 1 N–H and O–H groups in total. The van der Waals surface area contributed by atoms with Crippen molar-refractivity contribution in [3.63, 3.8) is 0 Å². The van der Waals surface area contributed by atoms with Crippen molar-refractivity contribution in [2.45, 2.75) is 6.54 Å². The van der Waals surface area contributed by atoms with E-state index in [9.17, 15) is 14.4 Å². The summed E-state index contributed by atoms with van der Waals surface area (Å²) in [5.41, 5.74) is 5.18. The van der Waals surface area contributed by atoms with Crippen LogP contribution in [0, 0.1) is 0 Å². The molecule has 168 valence electrons. The predicted octanol–water partition coefficient (Wildman–Crippen LogP) is 4.20. The van der Waals surface area contributed by atoms with Crippen LogP contribution in [0.5, 0.6) is 0 Å². The molecule has 0 aliphatic carbocycles. The van der Waals surface area contributed by atoms with Gasteiger partial charge < -0.3 is 4.90 Å². The Kier molecular flexibility index (Phi) is 5.91. The van der Waals surface area contributed by atoms with E-state index in [0.29, 0.717) is 21.8 Å². The number of carbonyl (C=O) groups is 3. The summed E-state index contributed by atoms with van der Waals surface area (Å²) in [6.07, 6.45) is 2.95. The first-order valence-corrected chi connectivity index (χ1v) is 11.7. The van der Waals surface area contributed by atoms with Gasteiger partial charge in [-0.1, -0.05) is 59.8 Å². The summed E-state index contributed by atoms with van der Waals surface area (Å²) in [5.74, 6) is -1.40. The minimum atomic E-state index is -0.560. The molecule has 0 spiro atoms. The van der Waals surface area contributed by atoms with Crippen LogP contribution in [0.3, 0.4) is 0 Å². The third kappa shape index (κ3) is 3.87. The number of nitrogens with zero attached hydrogens (tertiary/aromatic N) is 3. The van der Waals surface area contributed by atoms with Gasteiger partial charge in [-0.3, -0.25) is 24.8 Å². The van der Waals surface area contributed by atoms with Crippen molar-refractivity contribution in [1.82, 2.24) is 15.4 Å². The Morgan fingerprint density at radius 2 is 1.71 bits per heavy atom. The number of aromatic nitrogens is 1. The summed E-state index contributed by atoms with van der Waals surface area (Å²) in [5, 5.41) is 1.55. The van der Waals surface area contributed by atoms with E-state index in [1.165, 1.54) is 24.5 Å². The van der Waals surface area contributed by atoms with E-state index in [1.807, 2.05) is 30.3 Å². The fourth-order valence-corrected chi connectivity index (χ4v) is 5.18. The maximum absolute atomic E-state index is 13.6. The molecule has 2 aromatic carbocycles. The molecule has 0 atom stereocenters. The molecule has 2 aliphatic heterocycles. The topological polar surface area (TPSA) is 82.6 Å². The molecule has 2 aliphatic rings. The molecule has 1 aromatic heterocycles. The first kappa shape index (κ1) is 22.3. The standard InChI is InChI=1S/C24H15ClN4O3S2/c25-17-7-3-1-5-15(17)13-28-18-8-4-2-6-16(18)19(22(28)31)20-23(32)29(24(33)34-20)27-21(30)14-9-11-26-12-10-14/h1-12H,13H2,(H,27,30)/b20-19-. The Bertz CT molecular complexity index is 1390. The highest BCUT2D eigenvalue weighted by Crippen LogP contribution is 2.44. The fourth-order valence-electron chi connectivity index (χ4n) is 3.74. The lowest BCUT2D eigenvalue weighted by Gasteiger charge is -2.18. The number of halogens is 1. The lowest BCUT2D eigenvalue weighted by molar-refractivity contribution is -0.124. The van der Waals surface area contributed by atoms with Gasteiger partial charge in [-0.2, -0.15) is 5.01 Å². The third-order valence-corrected chi connectivity index (χ3v) is 7.10. The van der Waals surface area contributed by atoms with Gasteiger partial charge in [-0.05, 0) is 42.0 Å². The second-order valence-corrected chi connectivity index (χ2v) is 9.44. The van der Waals surface area contributed by atoms with Crippen molar-refractivity contribution in [2.75, 3.05) is 4.90 Å². The highest BCUT2D eigenvalue weighted by Gasteiger charge is 2.42. The summed E-state index contributed by atoms with van der Waals surface area (Å²) < 4.78 is 0.129. The van der Waals surface area contributed by atoms with Crippen LogP contribution in [0.25, 0.3) is 5.57 Å². The average Bonchev–Trinajstić information content (AvgIpc) is 3.28. The summed E-state index contributed by atoms with van der Waals surface area (Å²) in [6.45, 7) is 0.248. The number of thioether (sulfide) groups is 1. The molecular formula is C24H15ClN4O3S2. The number of benzene rings is 2. The number of pyridine rings is 1. The number of nitrogens with one attached hydrogen (secondary N) is 1. The SMILES string of the molecule is O=C(NN1C(=O)/C(=C2/C(=O)N(Cc3ccccc3Cl)c3ccccc32)SC1=S)c1ccncc1. The summed E-state index contributed by atoms with van der Waals surface area (Å²) in [4.78, 5) is 45.1. The van der Waals surface area contributed by atoms with Crippen LogP contribution in [0.4, 0.5) is 5.69 Å². The molecule has 3 heterocycles. The molecule has 5 rings (SSSR count). The zero-order valence-electron chi connectivity index (χ0n) is 17.4. The molecule has 0 bridgehead atoms. The normalized spacial score (nSPS) is 17.4. The third-order valence-electron chi connectivity index (χ3n) is 5.36. The van der Waals surface area contributed by atoms with Crippen molar-refractivity contribution in [2.24, 2.45) is 0 Å². The molecule has 7 nitrogen and oxygen atoms in total. The largest absolute Gasteiger partial charge is 0.303 e. The van der Waals surface area contributed by atoms with E-state index in [-0.39, 0.29) is 27.3 Å². The van der Waals surface area contributed by atoms with Gasteiger partial charge in [-0.15, -0.1) is 0 Å². The Morgan fingerprint density at radius 1 is 1.00 bits per heavy atom. The Morgan fingerprint density at radius 3 is 2.47 bits per heavy atom. The highest BCUT2D eigenvalue weighted by molar-refractivity contribution is 8.26. The summed E-state index contributed by atoms with van der Waals surface area (Å²) in [6, 6.07) is 17.6. The smallest absolute Gasteiger partial charge is 0.286 e. The van der Waals surface area contributed by atoms with E-state index in [4.69, 9.17) is 23.8 Å². The minimum Gasteiger partial charge on any atom is -0.303 e. The van der Waals surface area contributed by atoms with Gasteiger partial charge in [0.15, 0.2) is 4.32 Å². The number of rotatable bonds is 4. The quantitative estimate of drug-likeness (QED) is 0.422. The maximum atomic E-state index is 13.6. The van der Waals surface area contributed by atoms with Crippen LogP contribution in [0.2, 0.25) is 5.02 Å². The van der Waals surface area contributed by atoms with E-state index < -0.39 is 11.8 Å². The van der Waals surface area contributed by atoms with Gasteiger partial charge >= 0.3 is 0 Å². The Hall–Kier alpha value is -3.53. The molecular weight excluding hydrogens is 492 g/mol. The zero-order valence-corrected chi connectivity index (χ0v) is 19.8. The average molecular weight is 507 g/mol. The molecule has 0 unspecified atom stereocenters. The minimum absolute atomic E-state index is 0.129. The molecule has 0 saturated carbocycles. The Balaban J connectivity index is 1.49. The van der Waals surface area contributed by atoms with Gasteiger partial charge in [0, 0.05) is 28.5 Å². The van der Waals surface area contributed by atoms with Crippen molar-refractivity contribution < 1.29 is 14.4 Å². The lowest BCUT2D eigenvalue weighted by atomic mass is 10.1. The number of fused-ring (bicyclic) bond motifs is 1. The summed E-state index contributed by atoms with van der Waals surface area (Å²) >= 11 is 12.7. The number of para-hydroxylation sites is 1. The van der Waals surface area contributed by atoms with E-state index in [0.717, 1.165) is 22.3 Å². The van der Waals surface area contributed by atoms with Crippen LogP contribution in [-0.2, 0) is 16.1 Å². The molecule has 3 aromatic rings. The second-order valence-electron chi connectivity index (χ2n) is 7.39. The molecule has 10 heteroatoms. The van der Waals surface area contributed by atoms with Crippen LogP contribution < -0.4 is 10.3 Å². The fraction of sp³-hybridized carbons (Fsp3) is 0.0417. The number of thiocarbonyl (C=S) groups is 1. The predicted molar refractivity (Wildman–Crippen MR) is 135 cm³/mol. The number of hydrogen-bond acceptors (Lipinski definition) is 6. The van der Waals surface area contributed by atoms with Crippen molar-refractivity contribution in [3.05, 3.63) is 99.7 Å². The van der Waals surface area contributed by atoms with Crippen LogP contribution >= 0.6 is 35.6 Å². The van der Waals surface area contributed by atoms with Crippen LogP contribution in [-0.4, -0.2) is 32.0 Å². The van der Waals surface area contributed by atoms with Crippen LogP contribution in [0.1, 0.15) is 21.5 Å². The van der Waals surface area contributed by atoms with E-state index >= 15 is 0 Å². The number of hydrazine groups is 1.